The summed E-state index contributed by atoms with van der Waals surface area (Å²) in [5.74, 6) is 3.59. The summed E-state index contributed by atoms with van der Waals surface area (Å²) in [5.41, 5.74) is 2.24. The lowest BCUT2D eigenvalue weighted by atomic mass is 10.3. The van der Waals surface area contributed by atoms with E-state index in [1.165, 1.54) is 5.52 Å². The Bertz CT molecular complexity index is 911. The van der Waals surface area contributed by atoms with Gasteiger partial charge in [-0.05, 0) is 32.4 Å². The Morgan fingerprint density at radius 3 is 2.59 bits per heavy atom. The third-order valence-corrected chi connectivity index (χ3v) is 4.52. The minimum atomic E-state index is 0. The van der Waals surface area contributed by atoms with Crippen LogP contribution >= 0.6 is 24.0 Å². The minimum Gasteiger partial charge on any atom is -0.356 e. The molecular formula is C18H27IN8. The molecule has 0 unspecified atom stereocenters. The number of guanidine groups is 1. The number of nitrogens with zero attached hydrogens (tertiary/aromatic N) is 6. The molecule has 146 valence electrons. The van der Waals surface area contributed by atoms with Crippen LogP contribution in [0.2, 0.25) is 0 Å². The summed E-state index contributed by atoms with van der Waals surface area (Å²) >= 11 is 0. The first-order valence-electron chi connectivity index (χ1n) is 8.81. The number of aryl methyl sites for hydroxylation is 3. The molecular weight excluding hydrogens is 455 g/mol. The van der Waals surface area contributed by atoms with Crippen molar-refractivity contribution < 1.29 is 0 Å². The summed E-state index contributed by atoms with van der Waals surface area (Å²) in [6.45, 7) is 6.31. The van der Waals surface area contributed by atoms with E-state index in [1.54, 1.807) is 7.05 Å². The van der Waals surface area contributed by atoms with Gasteiger partial charge in [0.15, 0.2) is 11.8 Å². The van der Waals surface area contributed by atoms with Gasteiger partial charge in [-0.3, -0.25) is 4.99 Å². The van der Waals surface area contributed by atoms with E-state index in [0.717, 1.165) is 48.5 Å². The van der Waals surface area contributed by atoms with Gasteiger partial charge in [-0.25, -0.2) is 4.98 Å². The van der Waals surface area contributed by atoms with Crippen molar-refractivity contribution in [3.05, 3.63) is 41.7 Å². The van der Waals surface area contributed by atoms with Crippen molar-refractivity contribution in [2.45, 2.75) is 33.4 Å². The van der Waals surface area contributed by atoms with Gasteiger partial charge in [-0.1, -0.05) is 12.1 Å². The van der Waals surface area contributed by atoms with Crippen LogP contribution in [0, 0.1) is 13.8 Å². The van der Waals surface area contributed by atoms with Crippen LogP contribution in [-0.4, -0.2) is 43.9 Å². The van der Waals surface area contributed by atoms with Crippen molar-refractivity contribution in [2.24, 2.45) is 12.0 Å². The van der Waals surface area contributed by atoms with Gasteiger partial charge in [0.2, 0.25) is 0 Å². The fraction of sp³-hybridized carbons (Fsp3) is 0.444. The molecule has 3 rings (SSSR count). The molecule has 0 fully saturated rings. The first-order valence-corrected chi connectivity index (χ1v) is 8.81. The molecule has 0 atom stereocenters. The molecule has 0 aliphatic rings. The molecule has 9 heteroatoms. The van der Waals surface area contributed by atoms with Crippen LogP contribution in [0.5, 0.6) is 0 Å². The van der Waals surface area contributed by atoms with E-state index in [4.69, 9.17) is 0 Å². The average Bonchev–Trinajstić information content (AvgIpc) is 3.14. The van der Waals surface area contributed by atoms with Gasteiger partial charge >= 0.3 is 0 Å². The molecule has 27 heavy (non-hydrogen) atoms. The molecule has 0 spiro atoms. The van der Waals surface area contributed by atoms with Crippen LogP contribution in [0.4, 0.5) is 0 Å². The van der Waals surface area contributed by atoms with E-state index >= 15 is 0 Å². The highest BCUT2D eigenvalue weighted by molar-refractivity contribution is 14.0. The normalized spacial score (nSPS) is 11.5. The number of benzene rings is 1. The van der Waals surface area contributed by atoms with Crippen molar-refractivity contribution in [1.82, 2.24) is 34.9 Å². The standard InChI is InChI=1S/C18H26N8.HI/c1-13-22-15-8-5-6-9-16(15)26(13)11-7-10-20-18(19-3)21-12-17-24-23-14(2)25(17)4;/h5-6,8-9H,7,10-12H2,1-4H3,(H2,19,20,21);1H. The summed E-state index contributed by atoms with van der Waals surface area (Å²) < 4.78 is 4.22. The zero-order valence-corrected chi connectivity index (χ0v) is 18.6. The highest BCUT2D eigenvalue weighted by Crippen LogP contribution is 2.15. The largest absolute Gasteiger partial charge is 0.356 e. The smallest absolute Gasteiger partial charge is 0.191 e. The van der Waals surface area contributed by atoms with Gasteiger partial charge < -0.3 is 19.8 Å². The SMILES string of the molecule is CN=C(NCCCn1c(C)nc2ccccc21)NCc1nnc(C)n1C.I. The molecule has 0 aliphatic heterocycles. The second-order valence-corrected chi connectivity index (χ2v) is 6.23. The van der Waals surface area contributed by atoms with Gasteiger partial charge in [0.25, 0.3) is 0 Å². The zero-order valence-electron chi connectivity index (χ0n) is 16.2. The van der Waals surface area contributed by atoms with Crippen LogP contribution in [0.25, 0.3) is 11.0 Å². The van der Waals surface area contributed by atoms with E-state index in [1.807, 2.05) is 24.6 Å². The number of hydrogen-bond acceptors (Lipinski definition) is 4. The summed E-state index contributed by atoms with van der Waals surface area (Å²) in [6.07, 6.45) is 0.977. The maximum Gasteiger partial charge on any atom is 0.191 e. The lowest BCUT2D eigenvalue weighted by Crippen LogP contribution is -2.38. The second-order valence-electron chi connectivity index (χ2n) is 6.23. The van der Waals surface area contributed by atoms with Crippen molar-refractivity contribution in [3.63, 3.8) is 0 Å². The van der Waals surface area contributed by atoms with E-state index in [0.29, 0.717) is 6.54 Å². The van der Waals surface area contributed by atoms with Gasteiger partial charge in [0.05, 0.1) is 17.6 Å². The summed E-state index contributed by atoms with van der Waals surface area (Å²) in [6, 6.07) is 8.25. The minimum absolute atomic E-state index is 0. The number of hydrogen-bond donors (Lipinski definition) is 2. The fourth-order valence-electron chi connectivity index (χ4n) is 2.91. The predicted molar refractivity (Wildman–Crippen MR) is 118 cm³/mol. The number of halogens is 1. The van der Waals surface area contributed by atoms with E-state index < -0.39 is 0 Å². The Morgan fingerprint density at radius 1 is 1.11 bits per heavy atom. The predicted octanol–water partition coefficient (Wildman–Crippen LogP) is 2.15. The first kappa shape index (κ1) is 21.1. The zero-order chi connectivity index (χ0) is 18.5. The van der Waals surface area contributed by atoms with Crippen LogP contribution in [-0.2, 0) is 20.1 Å². The van der Waals surface area contributed by atoms with Crippen molar-refractivity contribution in [1.29, 1.82) is 0 Å². The number of fused-ring (bicyclic) bond motifs is 1. The first-order chi connectivity index (χ1) is 12.6. The van der Waals surface area contributed by atoms with Crippen molar-refractivity contribution in [2.75, 3.05) is 13.6 Å². The van der Waals surface area contributed by atoms with Crippen LogP contribution in [0.3, 0.4) is 0 Å². The topological polar surface area (TPSA) is 84.9 Å². The van der Waals surface area contributed by atoms with Gasteiger partial charge in [0.1, 0.15) is 11.6 Å². The number of para-hydroxylation sites is 2. The fourth-order valence-corrected chi connectivity index (χ4v) is 2.91. The molecule has 3 aromatic rings. The number of aliphatic imine (C=N–C) groups is 1. The molecule has 1 aromatic carbocycles. The molecule has 2 N–H and O–H groups in total. The third kappa shape index (κ3) is 4.96. The summed E-state index contributed by atoms with van der Waals surface area (Å²) in [5, 5.41) is 14.8. The summed E-state index contributed by atoms with van der Waals surface area (Å²) in [7, 11) is 3.73. The number of imidazole rings is 1. The third-order valence-electron chi connectivity index (χ3n) is 4.52. The van der Waals surface area contributed by atoms with Crippen LogP contribution in [0.15, 0.2) is 29.3 Å². The molecule has 0 saturated heterocycles. The molecule has 2 heterocycles. The van der Waals surface area contributed by atoms with Crippen molar-refractivity contribution in [3.8, 4) is 0 Å². The average molecular weight is 482 g/mol. The molecule has 0 aliphatic carbocycles. The lowest BCUT2D eigenvalue weighted by molar-refractivity contribution is 0.622. The summed E-state index contributed by atoms with van der Waals surface area (Å²) in [4.78, 5) is 8.87. The van der Waals surface area contributed by atoms with E-state index in [2.05, 4.69) is 60.5 Å². The van der Waals surface area contributed by atoms with E-state index in [-0.39, 0.29) is 24.0 Å². The monoisotopic (exact) mass is 482 g/mol. The van der Waals surface area contributed by atoms with Gasteiger partial charge in [0, 0.05) is 27.2 Å². The Kier molecular flexibility index (Phi) is 7.57. The lowest BCUT2D eigenvalue weighted by Gasteiger charge is -2.12. The maximum absolute atomic E-state index is 4.61. The Morgan fingerprint density at radius 2 is 1.89 bits per heavy atom. The van der Waals surface area contributed by atoms with Crippen LogP contribution in [0.1, 0.15) is 23.9 Å². The maximum atomic E-state index is 4.61. The van der Waals surface area contributed by atoms with Crippen molar-refractivity contribution >= 4 is 41.0 Å². The highest BCUT2D eigenvalue weighted by atomic mass is 127. The highest BCUT2D eigenvalue weighted by Gasteiger charge is 2.07. The van der Waals surface area contributed by atoms with Crippen LogP contribution < -0.4 is 10.6 Å². The molecule has 0 amide bonds. The van der Waals surface area contributed by atoms with Gasteiger partial charge in [-0.15, -0.1) is 34.2 Å². The Hall–Kier alpha value is -2.17. The molecule has 0 radical (unpaired) electrons. The number of rotatable bonds is 6. The Labute approximate surface area is 176 Å². The molecule has 0 bridgehead atoms. The number of aromatic nitrogens is 5. The van der Waals surface area contributed by atoms with Gasteiger partial charge in [-0.2, -0.15) is 0 Å². The molecule has 2 aromatic heterocycles. The van der Waals surface area contributed by atoms with E-state index in [9.17, 15) is 0 Å². The quantitative estimate of drug-likeness (QED) is 0.244. The number of nitrogens with one attached hydrogen (secondary N) is 2. The molecule has 0 saturated carbocycles. The Balaban J connectivity index is 0.00000261. The molecule has 8 nitrogen and oxygen atoms in total. The second kappa shape index (κ2) is 9.67.